The fourth-order valence-corrected chi connectivity index (χ4v) is 1.56. The molecule has 0 heterocycles. The second-order valence-corrected chi connectivity index (χ2v) is 5.56. The molecule has 1 aromatic rings. The summed E-state index contributed by atoms with van der Waals surface area (Å²) in [5, 5.41) is 11.6. The fourth-order valence-electron chi connectivity index (χ4n) is 1.56. The summed E-state index contributed by atoms with van der Waals surface area (Å²) in [6.45, 7) is 7.55. The molecular weight excluding hydrogens is 274 g/mol. The number of hydrogen-bond donors (Lipinski definition) is 2. The molecule has 21 heavy (non-hydrogen) atoms. The highest BCUT2D eigenvalue weighted by Gasteiger charge is 2.15. The van der Waals surface area contributed by atoms with Gasteiger partial charge in [-0.15, -0.1) is 0 Å². The summed E-state index contributed by atoms with van der Waals surface area (Å²) in [5.41, 5.74) is 0.326. The number of ether oxygens (including phenoxy) is 2. The lowest BCUT2D eigenvalue weighted by Crippen LogP contribution is -2.34. The molecule has 0 spiro atoms. The number of carboxylic acids is 1. The van der Waals surface area contributed by atoms with E-state index < -0.39 is 17.7 Å². The molecule has 0 aliphatic carbocycles. The quantitative estimate of drug-likeness (QED) is 0.816. The van der Waals surface area contributed by atoms with Crippen LogP contribution in [0.2, 0.25) is 0 Å². The highest BCUT2D eigenvalue weighted by Crippen LogP contribution is 2.17. The van der Waals surface area contributed by atoms with E-state index in [-0.39, 0.29) is 18.7 Å². The normalized spacial score (nSPS) is 10.9. The molecular formula is C15H21NO5. The van der Waals surface area contributed by atoms with Crippen LogP contribution in [0.5, 0.6) is 5.75 Å². The van der Waals surface area contributed by atoms with Crippen molar-refractivity contribution >= 4 is 12.1 Å². The first-order valence-electron chi connectivity index (χ1n) is 6.62. The minimum Gasteiger partial charge on any atom is -0.492 e. The molecule has 1 rings (SSSR count). The maximum Gasteiger partial charge on any atom is 0.407 e. The average molecular weight is 295 g/mol. The second-order valence-electron chi connectivity index (χ2n) is 5.56. The van der Waals surface area contributed by atoms with Gasteiger partial charge >= 0.3 is 12.1 Å². The molecule has 0 radical (unpaired) electrons. The highest BCUT2D eigenvalue weighted by molar-refractivity contribution is 5.89. The first kappa shape index (κ1) is 16.8. The van der Waals surface area contributed by atoms with Gasteiger partial charge in [-0.2, -0.15) is 0 Å². The highest BCUT2D eigenvalue weighted by atomic mass is 16.6. The summed E-state index contributed by atoms with van der Waals surface area (Å²) in [6.07, 6.45) is -0.513. The molecule has 0 aliphatic heterocycles. The Morgan fingerprint density at radius 3 is 2.52 bits per heavy atom. The van der Waals surface area contributed by atoms with Gasteiger partial charge in [-0.25, -0.2) is 9.59 Å². The van der Waals surface area contributed by atoms with Crippen molar-refractivity contribution in [3.8, 4) is 5.75 Å². The van der Waals surface area contributed by atoms with Crippen molar-refractivity contribution in [3.05, 3.63) is 29.3 Å². The third-order valence-electron chi connectivity index (χ3n) is 2.48. The zero-order valence-corrected chi connectivity index (χ0v) is 12.7. The maximum absolute atomic E-state index is 11.4. The minimum absolute atomic E-state index is 0.201. The van der Waals surface area contributed by atoms with Gasteiger partial charge in [0.25, 0.3) is 0 Å². The zero-order chi connectivity index (χ0) is 16.0. The van der Waals surface area contributed by atoms with Crippen molar-refractivity contribution in [1.82, 2.24) is 5.32 Å². The van der Waals surface area contributed by atoms with Crippen LogP contribution in [0.3, 0.4) is 0 Å². The molecule has 6 heteroatoms. The molecule has 0 aromatic heterocycles. The predicted molar refractivity (Wildman–Crippen MR) is 77.9 cm³/mol. The molecule has 1 aromatic carbocycles. The number of carbonyl (C=O) groups excluding carboxylic acids is 1. The molecule has 0 atom stereocenters. The summed E-state index contributed by atoms with van der Waals surface area (Å²) in [4.78, 5) is 22.4. The Kier molecular flexibility index (Phi) is 5.58. The Morgan fingerprint density at radius 2 is 1.95 bits per heavy atom. The Balaban J connectivity index is 2.41. The Hall–Kier alpha value is -2.24. The smallest absolute Gasteiger partial charge is 0.407 e. The molecule has 0 unspecified atom stereocenters. The van der Waals surface area contributed by atoms with E-state index in [0.717, 1.165) is 0 Å². The summed E-state index contributed by atoms with van der Waals surface area (Å²) < 4.78 is 10.5. The van der Waals surface area contributed by atoms with Crippen molar-refractivity contribution in [3.63, 3.8) is 0 Å². The van der Waals surface area contributed by atoms with Crippen molar-refractivity contribution in [2.24, 2.45) is 0 Å². The predicted octanol–water partition coefficient (Wildman–Crippen LogP) is 2.60. The molecule has 1 amide bonds. The summed E-state index contributed by atoms with van der Waals surface area (Å²) >= 11 is 0. The van der Waals surface area contributed by atoms with Crippen molar-refractivity contribution in [1.29, 1.82) is 0 Å². The van der Waals surface area contributed by atoms with Crippen LogP contribution in [0.15, 0.2) is 18.2 Å². The van der Waals surface area contributed by atoms with Crippen molar-refractivity contribution in [2.75, 3.05) is 13.2 Å². The molecule has 0 fully saturated rings. The van der Waals surface area contributed by atoms with Gasteiger partial charge in [0, 0.05) is 0 Å². The van der Waals surface area contributed by atoms with E-state index in [4.69, 9.17) is 14.6 Å². The maximum atomic E-state index is 11.4. The van der Waals surface area contributed by atoms with Gasteiger partial charge < -0.3 is 19.9 Å². The number of aryl methyl sites for hydroxylation is 1. The fraction of sp³-hybridized carbons (Fsp3) is 0.467. The molecule has 0 saturated carbocycles. The number of carboxylic acid groups (broad SMARTS) is 1. The number of benzene rings is 1. The largest absolute Gasteiger partial charge is 0.492 e. The first-order chi connectivity index (χ1) is 9.69. The van der Waals surface area contributed by atoms with Gasteiger partial charge in [-0.05, 0) is 45.4 Å². The van der Waals surface area contributed by atoms with Gasteiger partial charge in [0.1, 0.15) is 18.0 Å². The summed E-state index contributed by atoms with van der Waals surface area (Å²) in [7, 11) is 0. The van der Waals surface area contributed by atoms with Crippen LogP contribution in [0, 0.1) is 6.92 Å². The van der Waals surface area contributed by atoms with Crippen LogP contribution < -0.4 is 10.1 Å². The standard InChI is InChI=1S/C15H21NO5/c1-10-5-6-11(9-12(10)13(17)18)20-8-7-16-14(19)21-15(2,3)4/h5-6,9H,7-8H2,1-4H3,(H,16,19)(H,17,18). The molecule has 6 nitrogen and oxygen atoms in total. The van der Waals surface area contributed by atoms with Crippen LogP contribution in [0.25, 0.3) is 0 Å². The molecule has 0 bridgehead atoms. The third-order valence-corrected chi connectivity index (χ3v) is 2.48. The van der Waals surface area contributed by atoms with Gasteiger partial charge in [0.05, 0.1) is 12.1 Å². The van der Waals surface area contributed by atoms with E-state index in [1.54, 1.807) is 39.8 Å². The monoisotopic (exact) mass is 295 g/mol. The van der Waals surface area contributed by atoms with Crippen LogP contribution in [0.4, 0.5) is 4.79 Å². The summed E-state index contributed by atoms with van der Waals surface area (Å²) in [5.74, 6) is -0.547. The van der Waals surface area contributed by atoms with E-state index in [1.807, 2.05) is 0 Å². The number of aromatic carboxylic acids is 1. The second kappa shape index (κ2) is 6.97. The van der Waals surface area contributed by atoms with Crippen LogP contribution >= 0.6 is 0 Å². The first-order valence-corrected chi connectivity index (χ1v) is 6.62. The molecule has 0 aliphatic rings. The van der Waals surface area contributed by atoms with E-state index in [9.17, 15) is 9.59 Å². The minimum atomic E-state index is -0.996. The van der Waals surface area contributed by atoms with Crippen LogP contribution in [-0.4, -0.2) is 35.9 Å². The van der Waals surface area contributed by atoms with E-state index >= 15 is 0 Å². The zero-order valence-electron chi connectivity index (χ0n) is 12.7. The topological polar surface area (TPSA) is 84.9 Å². The van der Waals surface area contributed by atoms with Gasteiger partial charge in [0.15, 0.2) is 0 Å². The van der Waals surface area contributed by atoms with Gasteiger partial charge in [0.2, 0.25) is 0 Å². The van der Waals surface area contributed by atoms with Crippen LogP contribution in [-0.2, 0) is 4.74 Å². The Morgan fingerprint density at radius 1 is 1.29 bits per heavy atom. The lowest BCUT2D eigenvalue weighted by Gasteiger charge is -2.19. The lowest BCUT2D eigenvalue weighted by atomic mass is 10.1. The van der Waals surface area contributed by atoms with Gasteiger partial charge in [-0.3, -0.25) is 0 Å². The van der Waals surface area contributed by atoms with E-state index in [2.05, 4.69) is 5.32 Å². The van der Waals surface area contributed by atoms with Crippen molar-refractivity contribution < 1.29 is 24.2 Å². The van der Waals surface area contributed by atoms with Gasteiger partial charge in [-0.1, -0.05) is 6.07 Å². The van der Waals surface area contributed by atoms with Crippen molar-refractivity contribution in [2.45, 2.75) is 33.3 Å². The summed E-state index contributed by atoms with van der Waals surface area (Å²) in [6, 6.07) is 4.83. The Labute approximate surface area is 124 Å². The number of amides is 1. The number of rotatable bonds is 5. The number of carbonyl (C=O) groups is 2. The Bertz CT molecular complexity index is 519. The molecule has 2 N–H and O–H groups in total. The number of nitrogens with one attached hydrogen (secondary N) is 1. The van der Waals surface area contributed by atoms with E-state index in [1.165, 1.54) is 6.07 Å². The molecule has 0 saturated heterocycles. The van der Waals surface area contributed by atoms with E-state index in [0.29, 0.717) is 11.3 Å². The van der Waals surface area contributed by atoms with Crippen LogP contribution in [0.1, 0.15) is 36.7 Å². The SMILES string of the molecule is Cc1ccc(OCCNC(=O)OC(C)(C)C)cc1C(=O)O. The molecule has 116 valence electrons. The number of alkyl carbamates (subject to hydrolysis) is 1. The third kappa shape index (κ3) is 6.16. The lowest BCUT2D eigenvalue weighted by molar-refractivity contribution is 0.0520. The average Bonchev–Trinajstić information content (AvgIpc) is 2.34. The number of hydrogen-bond acceptors (Lipinski definition) is 4.